The standard InChI is InChI=1S/C6H8N2O2S/c1-8(2)3-4-5(9)7-6(10)11-4/h3H,1-2H3,(H,7,9,10). The predicted octanol–water partition coefficient (Wildman–Crippen LogP) is 0.372. The largest absolute Gasteiger partial charge is 0.382 e. The zero-order chi connectivity index (χ0) is 8.43. The first-order valence-electron chi connectivity index (χ1n) is 3.01. The fraction of sp³-hybridized carbons (Fsp3) is 0.333. The number of rotatable bonds is 1. The molecule has 2 amide bonds. The molecule has 0 aliphatic carbocycles. The van der Waals surface area contributed by atoms with Gasteiger partial charge in [-0.05, 0) is 11.8 Å². The van der Waals surface area contributed by atoms with Gasteiger partial charge >= 0.3 is 0 Å². The molecular weight excluding hydrogens is 164 g/mol. The molecule has 1 heterocycles. The molecule has 11 heavy (non-hydrogen) atoms. The van der Waals surface area contributed by atoms with Gasteiger partial charge in [0, 0.05) is 20.3 Å². The first-order valence-corrected chi connectivity index (χ1v) is 3.82. The molecule has 4 nitrogen and oxygen atoms in total. The molecule has 0 saturated carbocycles. The highest BCUT2D eigenvalue weighted by atomic mass is 32.2. The SMILES string of the molecule is CN(C)C=C1SC(=O)NC1=O. The highest BCUT2D eigenvalue weighted by molar-refractivity contribution is 8.18. The molecular formula is C6H8N2O2S. The lowest BCUT2D eigenvalue weighted by atomic mass is 10.5. The average molecular weight is 172 g/mol. The second-order valence-electron chi connectivity index (χ2n) is 2.30. The smallest absolute Gasteiger partial charge is 0.290 e. The maximum atomic E-state index is 10.9. The van der Waals surface area contributed by atoms with Gasteiger partial charge in [-0.15, -0.1) is 0 Å². The first-order chi connectivity index (χ1) is 5.09. The third-order valence-corrected chi connectivity index (χ3v) is 1.82. The van der Waals surface area contributed by atoms with Crippen molar-refractivity contribution in [2.75, 3.05) is 14.1 Å². The molecule has 1 N–H and O–H groups in total. The summed E-state index contributed by atoms with van der Waals surface area (Å²) < 4.78 is 0. The van der Waals surface area contributed by atoms with Crippen molar-refractivity contribution in [1.29, 1.82) is 0 Å². The summed E-state index contributed by atoms with van der Waals surface area (Å²) >= 11 is 0.922. The Morgan fingerprint density at radius 1 is 1.45 bits per heavy atom. The molecule has 0 bridgehead atoms. The van der Waals surface area contributed by atoms with E-state index in [1.54, 1.807) is 25.2 Å². The molecule has 1 aliphatic heterocycles. The van der Waals surface area contributed by atoms with Gasteiger partial charge in [0.25, 0.3) is 11.1 Å². The quantitative estimate of drug-likeness (QED) is 0.581. The van der Waals surface area contributed by atoms with Crippen molar-refractivity contribution in [1.82, 2.24) is 10.2 Å². The van der Waals surface area contributed by atoms with Crippen molar-refractivity contribution in [3.05, 3.63) is 11.1 Å². The van der Waals surface area contributed by atoms with E-state index in [4.69, 9.17) is 0 Å². The molecule has 5 heteroatoms. The van der Waals surface area contributed by atoms with Crippen molar-refractivity contribution < 1.29 is 9.59 Å². The predicted molar refractivity (Wildman–Crippen MR) is 42.9 cm³/mol. The molecule has 0 aromatic rings. The maximum absolute atomic E-state index is 10.9. The normalized spacial score (nSPS) is 20.7. The fourth-order valence-electron chi connectivity index (χ4n) is 0.646. The van der Waals surface area contributed by atoms with E-state index in [0.29, 0.717) is 4.91 Å². The van der Waals surface area contributed by atoms with Crippen LogP contribution in [0.15, 0.2) is 11.1 Å². The Labute approximate surface area is 68.6 Å². The van der Waals surface area contributed by atoms with E-state index >= 15 is 0 Å². The Morgan fingerprint density at radius 3 is 2.45 bits per heavy atom. The second-order valence-corrected chi connectivity index (χ2v) is 3.32. The average Bonchev–Trinajstić information content (AvgIpc) is 2.09. The van der Waals surface area contributed by atoms with E-state index in [1.807, 2.05) is 0 Å². The highest BCUT2D eigenvalue weighted by Crippen LogP contribution is 2.22. The van der Waals surface area contributed by atoms with Crippen LogP contribution in [0.25, 0.3) is 0 Å². The number of imide groups is 1. The molecule has 0 spiro atoms. The maximum Gasteiger partial charge on any atom is 0.290 e. The van der Waals surface area contributed by atoms with Gasteiger partial charge in [0.15, 0.2) is 0 Å². The number of hydrogen-bond acceptors (Lipinski definition) is 4. The summed E-state index contributed by atoms with van der Waals surface area (Å²) in [4.78, 5) is 23.7. The minimum absolute atomic E-state index is 0.303. The van der Waals surface area contributed by atoms with Crippen LogP contribution in [0.4, 0.5) is 4.79 Å². The lowest BCUT2D eigenvalue weighted by Gasteiger charge is -2.03. The number of carbonyl (C=O) groups excluding carboxylic acids is 2. The Hall–Kier alpha value is -0.970. The summed E-state index contributed by atoms with van der Waals surface area (Å²) in [6.45, 7) is 0. The summed E-state index contributed by atoms with van der Waals surface area (Å²) in [5.41, 5.74) is 0. The number of carbonyl (C=O) groups is 2. The minimum atomic E-state index is -0.311. The molecule has 1 aliphatic rings. The number of nitrogens with zero attached hydrogens (tertiary/aromatic N) is 1. The summed E-state index contributed by atoms with van der Waals surface area (Å²) in [6, 6.07) is 0. The molecule has 60 valence electrons. The van der Waals surface area contributed by atoms with Crippen LogP contribution in [0.5, 0.6) is 0 Å². The molecule has 0 aromatic heterocycles. The Morgan fingerprint density at radius 2 is 2.09 bits per heavy atom. The van der Waals surface area contributed by atoms with Gasteiger partial charge in [-0.1, -0.05) is 0 Å². The van der Waals surface area contributed by atoms with E-state index in [1.165, 1.54) is 0 Å². The number of nitrogens with one attached hydrogen (secondary N) is 1. The highest BCUT2D eigenvalue weighted by Gasteiger charge is 2.24. The summed E-state index contributed by atoms with van der Waals surface area (Å²) in [7, 11) is 3.59. The molecule has 0 unspecified atom stereocenters. The van der Waals surface area contributed by atoms with Crippen LogP contribution in [0.1, 0.15) is 0 Å². The lowest BCUT2D eigenvalue weighted by Crippen LogP contribution is -2.18. The van der Waals surface area contributed by atoms with Gasteiger partial charge in [-0.2, -0.15) is 0 Å². The molecule has 0 atom stereocenters. The van der Waals surface area contributed by atoms with Crippen molar-refractivity contribution >= 4 is 22.9 Å². The van der Waals surface area contributed by atoms with E-state index < -0.39 is 0 Å². The van der Waals surface area contributed by atoms with E-state index in [0.717, 1.165) is 11.8 Å². The summed E-state index contributed by atoms with van der Waals surface area (Å²) in [6.07, 6.45) is 1.62. The van der Waals surface area contributed by atoms with Crippen molar-refractivity contribution in [3.63, 3.8) is 0 Å². The lowest BCUT2D eigenvalue weighted by molar-refractivity contribution is -0.115. The van der Waals surface area contributed by atoms with Crippen LogP contribution < -0.4 is 5.32 Å². The first kappa shape index (κ1) is 8.13. The van der Waals surface area contributed by atoms with Crippen molar-refractivity contribution in [3.8, 4) is 0 Å². The fourth-order valence-corrected chi connectivity index (χ4v) is 1.40. The van der Waals surface area contributed by atoms with Crippen LogP contribution >= 0.6 is 11.8 Å². The van der Waals surface area contributed by atoms with Gasteiger partial charge in [-0.25, -0.2) is 0 Å². The third kappa shape index (κ3) is 1.98. The number of hydrogen-bond donors (Lipinski definition) is 1. The van der Waals surface area contributed by atoms with E-state index in [9.17, 15) is 9.59 Å². The Kier molecular flexibility index (Phi) is 2.19. The number of amides is 2. The van der Waals surface area contributed by atoms with Crippen LogP contribution in [0.3, 0.4) is 0 Å². The third-order valence-electron chi connectivity index (χ3n) is 1.02. The summed E-state index contributed by atoms with van der Waals surface area (Å²) in [5, 5.41) is 1.86. The van der Waals surface area contributed by atoms with Crippen LogP contribution in [0.2, 0.25) is 0 Å². The molecule has 0 radical (unpaired) electrons. The van der Waals surface area contributed by atoms with Crippen molar-refractivity contribution in [2.45, 2.75) is 0 Å². The Balaban J connectivity index is 2.75. The van der Waals surface area contributed by atoms with Gasteiger partial charge < -0.3 is 4.90 Å². The van der Waals surface area contributed by atoms with Crippen molar-refractivity contribution in [2.24, 2.45) is 0 Å². The number of thioether (sulfide) groups is 1. The van der Waals surface area contributed by atoms with Gasteiger partial charge in [0.05, 0.1) is 4.91 Å². The zero-order valence-corrected chi connectivity index (χ0v) is 7.07. The zero-order valence-electron chi connectivity index (χ0n) is 6.25. The van der Waals surface area contributed by atoms with Gasteiger partial charge in [0.1, 0.15) is 0 Å². The van der Waals surface area contributed by atoms with Gasteiger partial charge in [-0.3, -0.25) is 14.9 Å². The van der Waals surface area contributed by atoms with E-state index in [2.05, 4.69) is 5.32 Å². The summed E-state index contributed by atoms with van der Waals surface area (Å²) in [5.74, 6) is -0.311. The second kappa shape index (κ2) is 2.96. The topological polar surface area (TPSA) is 49.4 Å². The van der Waals surface area contributed by atoms with E-state index in [-0.39, 0.29) is 11.1 Å². The molecule has 0 aromatic carbocycles. The minimum Gasteiger partial charge on any atom is -0.382 e. The van der Waals surface area contributed by atoms with Crippen LogP contribution in [0, 0.1) is 0 Å². The molecule has 1 fully saturated rings. The molecule has 1 saturated heterocycles. The molecule has 1 rings (SSSR count). The Bertz CT molecular complexity index is 235. The van der Waals surface area contributed by atoms with Crippen LogP contribution in [-0.4, -0.2) is 30.1 Å². The monoisotopic (exact) mass is 172 g/mol. The van der Waals surface area contributed by atoms with Crippen LogP contribution in [-0.2, 0) is 4.79 Å². The van der Waals surface area contributed by atoms with Gasteiger partial charge in [0.2, 0.25) is 0 Å².